The zero-order chi connectivity index (χ0) is 17.2. The zero-order valence-corrected chi connectivity index (χ0v) is 16.1. The molecule has 0 aromatic heterocycles. The van der Waals surface area contributed by atoms with E-state index in [1.54, 1.807) is 0 Å². The van der Waals surface area contributed by atoms with Crippen LogP contribution in [0.4, 0.5) is 0 Å². The Kier molecular flexibility index (Phi) is 4.12. The summed E-state index contributed by atoms with van der Waals surface area (Å²) in [5.41, 5.74) is 0.967. The van der Waals surface area contributed by atoms with Crippen LogP contribution in [-0.2, 0) is 0 Å². The van der Waals surface area contributed by atoms with Gasteiger partial charge in [0.05, 0.1) is 0 Å². The number of rotatable bonds is 2. The van der Waals surface area contributed by atoms with Gasteiger partial charge in [-0.2, -0.15) is 0 Å². The van der Waals surface area contributed by atoms with E-state index in [0.717, 1.165) is 30.1 Å². The molecule has 4 aliphatic rings. The lowest BCUT2D eigenvalue weighted by atomic mass is 9.44. The number of aliphatic hydroxyl groups is 2. The van der Waals surface area contributed by atoms with Crippen LogP contribution in [0.1, 0.15) is 91.4 Å². The predicted molar refractivity (Wildman–Crippen MR) is 97.3 cm³/mol. The molecule has 0 aromatic carbocycles. The first-order chi connectivity index (χ1) is 11.3. The number of hydrogen-bond acceptors (Lipinski definition) is 2. The molecule has 0 radical (unpaired) electrons. The van der Waals surface area contributed by atoms with Crippen molar-refractivity contribution in [3.63, 3.8) is 0 Å². The van der Waals surface area contributed by atoms with Crippen molar-refractivity contribution in [2.45, 2.75) is 97.2 Å². The van der Waals surface area contributed by atoms with Crippen LogP contribution in [0.2, 0.25) is 0 Å². The molecule has 0 unspecified atom stereocenters. The maximum atomic E-state index is 10.2. The van der Waals surface area contributed by atoms with Crippen LogP contribution in [-0.4, -0.2) is 16.0 Å². The molecule has 0 saturated heterocycles. The van der Waals surface area contributed by atoms with E-state index in [2.05, 4.69) is 20.8 Å². The maximum absolute atomic E-state index is 10.2. The molecule has 4 rings (SSSR count). The van der Waals surface area contributed by atoms with E-state index in [0.29, 0.717) is 29.6 Å². The van der Waals surface area contributed by atoms with Crippen molar-refractivity contribution in [3.05, 3.63) is 0 Å². The molecule has 24 heavy (non-hydrogen) atoms. The summed E-state index contributed by atoms with van der Waals surface area (Å²) in [4.78, 5) is 0. The Bertz CT molecular complexity index is 486. The van der Waals surface area contributed by atoms with E-state index in [1.807, 2.05) is 0 Å². The highest BCUT2D eigenvalue weighted by Gasteiger charge is 2.60. The van der Waals surface area contributed by atoms with Crippen molar-refractivity contribution in [3.8, 4) is 0 Å². The molecule has 138 valence electrons. The number of fused-ring (bicyclic) bond motifs is 5. The molecule has 7 atom stereocenters. The molecule has 4 aliphatic carbocycles. The van der Waals surface area contributed by atoms with Crippen LogP contribution in [0.5, 0.6) is 0 Å². The summed E-state index contributed by atoms with van der Waals surface area (Å²) in [6.07, 6.45) is 13.3. The van der Waals surface area contributed by atoms with E-state index in [9.17, 15) is 10.2 Å². The van der Waals surface area contributed by atoms with Crippen LogP contribution in [0, 0.1) is 40.4 Å². The summed E-state index contributed by atoms with van der Waals surface area (Å²) < 4.78 is 0. The summed E-state index contributed by atoms with van der Waals surface area (Å²) >= 11 is 0. The quantitative estimate of drug-likeness (QED) is 0.688. The minimum atomic E-state index is -1.39. The van der Waals surface area contributed by atoms with E-state index >= 15 is 0 Å². The molecule has 4 fully saturated rings. The van der Waals surface area contributed by atoms with Crippen LogP contribution < -0.4 is 0 Å². The lowest BCUT2D eigenvalue weighted by Gasteiger charge is -2.61. The Labute approximate surface area is 148 Å². The molecule has 0 aliphatic heterocycles. The minimum absolute atomic E-state index is 0.363. The van der Waals surface area contributed by atoms with Gasteiger partial charge in [-0.05, 0) is 85.4 Å². The second-order valence-electron chi connectivity index (χ2n) is 10.5. The molecule has 0 aromatic rings. The second-order valence-corrected chi connectivity index (χ2v) is 10.5. The Morgan fingerprint density at radius 2 is 1.58 bits per heavy atom. The largest absolute Gasteiger partial charge is 0.366 e. The third-order valence-electron chi connectivity index (χ3n) is 9.54. The smallest absolute Gasteiger partial charge is 0.162 e. The highest BCUT2D eigenvalue weighted by Crippen LogP contribution is 2.68. The first kappa shape index (κ1) is 17.3. The second kappa shape index (κ2) is 5.71. The summed E-state index contributed by atoms with van der Waals surface area (Å²) in [6, 6.07) is 0. The van der Waals surface area contributed by atoms with E-state index in [-0.39, 0.29) is 0 Å². The molecule has 0 bridgehead atoms. The van der Waals surface area contributed by atoms with Crippen molar-refractivity contribution < 1.29 is 10.2 Å². The van der Waals surface area contributed by atoms with Gasteiger partial charge in [-0.15, -0.1) is 0 Å². The van der Waals surface area contributed by atoms with Gasteiger partial charge < -0.3 is 10.2 Å². The standard InChI is InChI=1S/C22H38O2/c1-4-5-15-7-9-18-17-8-6-16-14-22(23,24)13-12-21(16,3)19(17)10-11-20(15,18)2/h15-19,23-24H,4-14H2,1-3H3/t15-,16-,17-,18-,19-,20+,21-/m0/s1. The third kappa shape index (κ3) is 2.42. The van der Waals surface area contributed by atoms with Crippen LogP contribution in [0.25, 0.3) is 0 Å². The minimum Gasteiger partial charge on any atom is -0.366 e. The van der Waals surface area contributed by atoms with E-state index < -0.39 is 5.79 Å². The molecule has 2 heteroatoms. The predicted octanol–water partition coefficient (Wildman–Crippen LogP) is 5.13. The monoisotopic (exact) mass is 334 g/mol. The van der Waals surface area contributed by atoms with Gasteiger partial charge in [0.1, 0.15) is 0 Å². The van der Waals surface area contributed by atoms with Crippen molar-refractivity contribution in [1.82, 2.24) is 0 Å². The highest BCUT2D eigenvalue weighted by atomic mass is 16.5. The van der Waals surface area contributed by atoms with E-state index in [4.69, 9.17) is 0 Å². The molecule has 0 heterocycles. The van der Waals surface area contributed by atoms with Crippen LogP contribution in [0.3, 0.4) is 0 Å². The summed E-state index contributed by atoms with van der Waals surface area (Å²) in [5.74, 6) is 2.80. The highest BCUT2D eigenvalue weighted by molar-refractivity contribution is 5.09. The topological polar surface area (TPSA) is 40.5 Å². The van der Waals surface area contributed by atoms with Gasteiger partial charge in [-0.25, -0.2) is 0 Å². The fourth-order valence-electron chi connectivity index (χ4n) is 8.16. The Morgan fingerprint density at radius 1 is 0.833 bits per heavy atom. The Hall–Kier alpha value is -0.0800. The molecule has 2 N–H and O–H groups in total. The van der Waals surface area contributed by atoms with Gasteiger partial charge in [-0.3, -0.25) is 0 Å². The Balaban J connectivity index is 1.58. The molecular formula is C22H38O2. The molecule has 4 saturated carbocycles. The molecular weight excluding hydrogens is 296 g/mol. The first-order valence-electron chi connectivity index (χ1n) is 10.7. The van der Waals surface area contributed by atoms with Gasteiger partial charge >= 0.3 is 0 Å². The van der Waals surface area contributed by atoms with Gasteiger partial charge in [0.2, 0.25) is 0 Å². The van der Waals surface area contributed by atoms with Crippen molar-refractivity contribution in [2.24, 2.45) is 40.4 Å². The maximum Gasteiger partial charge on any atom is 0.162 e. The van der Waals surface area contributed by atoms with Crippen LogP contribution in [0.15, 0.2) is 0 Å². The Morgan fingerprint density at radius 3 is 2.33 bits per heavy atom. The SMILES string of the molecule is CCC[C@H]1CC[C@H]2[C@@H]3CC[C@H]4CC(O)(O)CC[C@]4(C)[C@H]3CC[C@]12C. The summed E-state index contributed by atoms with van der Waals surface area (Å²) in [6.45, 7) is 7.49. The molecule has 2 nitrogen and oxygen atoms in total. The first-order valence-corrected chi connectivity index (χ1v) is 10.7. The fraction of sp³-hybridized carbons (Fsp3) is 1.00. The van der Waals surface area contributed by atoms with Gasteiger partial charge in [0.15, 0.2) is 5.79 Å². The number of hydrogen-bond donors (Lipinski definition) is 2. The average molecular weight is 335 g/mol. The van der Waals surface area contributed by atoms with Crippen molar-refractivity contribution in [2.75, 3.05) is 0 Å². The van der Waals surface area contributed by atoms with Gasteiger partial charge in [0, 0.05) is 12.8 Å². The van der Waals surface area contributed by atoms with E-state index in [1.165, 1.54) is 51.4 Å². The summed E-state index contributed by atoms with van der Waals surface area (Å²) in [5, 5.41) is 20.3. The van der Waals surface area contributed by atoms with Gasteiger partial charge in [0.25, 0.3) is 0 Å². The fourth-order valence-corrected chi connectivity index (χ4v) is 8.16. The van der Waals surface area contributed by atoms with Gasteiger partial charge in [-0.1, -0.05) is 33.6 Å². The molecule has 0 amide bonds. The average Bonchev–Trinajstić information content (AvgIpc) is 2.85. The molecule has 0 spiro atoms. The van der Waals surface area contributed by atoms with Crippen LogP contribution >= 0.6 is 0 Å². The lowest BCUT2D eigenvalue weighted by Crippen LogP contribution is -2.55. The summed E-state index contributed by atoms with van der Waals surface area (Å²) in [7, 11) is 0. The third-order valence-corrected chi connectivity index (χ3v) is 9.54. The normalized spacial score (nSPS) is 53.1. The lowest BCUT2D eigenvalue weighted by molar-refractivity contribution is -0.233. The van der Waals surface area contributed by atoms with Crippen molar-refractivity contribution in [1.29, 1.82) is 0 Å². The zero-order valence-electron chi connectivity index (χ0n) is 16.1. The van der Waals surface area contributed by atoms with Crippen molar-refractivity contribution >= 4 is 0 Å².